The van der Waals surface area contributed by atoms with E-state index in [1.165, 1.54) is 148 Å². The predicted octanol–water partition coefficient (Wildman–Crippen LogP) is 10.5. The Morgan fingerprint density at radius 1 is 0.625 bits per heavy atom. The molecule has 0 heterocycles. The summed E-state index contributed by atoms with van der Waals surface area (Å²) in [4.78, 5) is 20.8. The molecule has 232 valence electrons. The standard InChI is InChI=1S/C25H50O2.C9H9FO3/c1-2-3-4-5-6-7-8-9-10-11-12-13-14-15-16-17-18-19-20-21-22-23-24-25(26)27;1-13-8-3-2-7(10)4-6(8)5-9(11)12/h2-24H2,1H3,(H,26,27);2-4H,5H2,1H3,(H,11,12). The van der Waals surface area contributed by atoms with Crippen molar-refractivity contribution in [2.75, 3.05) is 7.11 Å². The van der Waals surface area contributed by atoms with Crippen molar-refractivity contribution in [1.29, 1.82) is 0 Å². The van der Waals surface area contributed by atoms with E-state index in [9.17, 15) is 14.0 Å². The van der Waals surface area contributed by atoms with Gasteiger partial charge in [0.25, 0.3) is 0 Å². The van der Waals surface area contributed by atoms with Gasteiger partial charge in [-0.05, 0) is 24.6 Å². The Bertz CT molecular complexity index is 737. The minimum atomic E-state index is -1.01. The van der Waals surface area contributed by atoms with Crippen molar-refractivity contribution in [2.24, 2.45) is 0 Å². The van der Waals surface area contributed by atoms with Crippen LogP contribution in [-0.2, 0) is 16.0 Å². The van der Waals surface area contributed by atoms with Crippen LogP contribution in [0.4, 0.5) is 4.39 Å². The fraction of sp³-hybridized carbons (Fsp3) is 0.765. The van der Waals surface area contributed by atoms with Crippen molar-refractivity contribution >= 4 is 11.9 Å². The Kier molecular flexibility index (Phi) is 26.9. The van der Waals surface area contributed by atoms with Crippen molar-refractivity contribution in [3.63, 3.8) is 0 Å². The Morgan fingerprint density at radius 2 is 1.00 bits per heavy atom. The summed E-state index contributed by atoms with van der Waals surface area (Å²) in [6, 6.07) is 3.80. The van der Waals surface area contributed by atoms with Crippen LogP contribution in [0.15, 0.2) is 18.2 Å². The normalized spacial score (nSPS) is 10.7. The molecule has 6 heteroatoms. The quantitative estimate of drug-likeness (QED) is 0.109. The Labute approximate surface area is 244 Å². The van der Waals surface area contributed by atoms with Crippen LogP contribution >= 0.6 is 0 Å². The number of benzene rings is 1. The van der Waals surface area contributed by atoms with Crippen LogP contribution in [0.5, 0.6) is 5.75 Å². The third kappa shape index (κ3) is 26.1. The maximum atomic E-state index is 12.7. The Morgan fingerprint density at radius 3 is 1.32 bits per heavy atom. The molecule has 0 spiro atoms. The number of carboxylic acids is 2. The van der Waals surface area contributed by atoms with E-state index in [0.717, 1.165) is 18.9 Å². The highest BCUT2D eigenvalue weighted by atomic mass is 19.1. The van der Waals surface area contributed by atoms with Gasteiger partial charge in [0.05, 0.1) is 13.5 Å². The lowest BCUT2D eigenvalue weighted by Gasteiger charge is -2.05. The van der Waals surface area contributed by atoms with Crippen molar-refractivity contribution in [3.05, 3.63) is 29.6 Å². The molecule has 0 aromatic heterocycles. The van der Waals surface area contributed by atoms with Gasteiger partial charge in [-0.25, -0.2) is 4.39 Å². The van der Waals surface area contributed by atoms with Crippen molar-refractivity contribution in [1.82, 2.24) is 0 Å². The van der Waals surface area contributed by atoms with Gasteiger partial charge in [0.15, 0.2) is 0 Å². The maximum absolute atomic E-state index is 12.7. The van der Waals surface area contributed by atoms with E-state index < -0.39 is 17.8 Å². The SMILES string of the molecule is CCCCCCCCCCCCCCCCCCCCCCCCC(=O)O.COc1ccc(F)cc1CC(=O)O. The van der Waals surface area contributed by atoms with Crippen LogP contribution < -0.4 is 4.74 Å². The van der Waals surface area contributed by atoms with Gasteiger partial charge < -0.3 is 14.9 Å². The third-order valence-electron chi connectivity index (χ3n) is 7.33. The fourth-order valence-electron chi connectivity index (χ4n) is 4.93. The molecular formula is C34H59FO5. The summed E-state index contributed by atoms with van der Waals surface area (Å²) >= 11 is 0. The molecule has 5 nitrogen and oxygen atoms in total. The van der Waals surface area contributed by atoms with Crippen LogP contribution in [0.25, 0.3) is 0 Å². The number of methoxy groups -OCH3 is 1. The van der Waals surface area contributed by atoms with Gasteiger partial charge in [0, 0.05) is 12.0 Å². The number of carboxylic acid groups (broad SMARTS) is 2. The molecule has 0 saturated carbocycles. The minimum absolute atomic E-state index is 0.235. The molecule has 2 N–H and O–H groups in total. The van der Waals surface area contributed by atoms with E-state index in [1.54, 1.807) is 0 Å². The fourth-order valence-corrected chi connectivity index (χ4v) is 4.93. The molecule has 1 aromatic carbocycles. The number of hydrogen-bond acceptors (Lipinski definition) is 3. The van der Waals surface area contributed by atoms with Gasteiger partial charge in [-0.1, -0.05) is 142 Å². The Balaban J connectivity index is 0.000000968. The molecule has 0 saturated heterocycles. The first-order valence-corrected chi connectivity index (χ1v) is 16.2. The van der Waals surface area contributed by atoms with Gasteiger partial charge in [0.1, 0.15) is 11.6 Å². The summed E-state index contributed by atoms with van der Waals surface area (Å²) in [6.07, 6.45) is 30.3. The zero-order chi connectivity index (χ0) is 29.7. The van der Waals surface area contributed by atoms with Gasteiger partial charge in [0.2, 0.25) is 0 Å². The predicted molar refractivity (Wildman–Crippen MR) is 164 cm³/mol. The van der Waals surface area contributed by atoms with Crippen molar-refractivity contribution in [3.8, 4) is 5.75 Å². The van der Waals surface area contributed by atoms with Crippen LogP contribution in [0.3, 0.4) is 0 Å². The molecule has 1 aromatic rings. The number of hydrogen-bond donors (Lipinski definition) is 2. The molecule has 0 bridgehead atoms. The topological polar surface area (TPSA) is 83.8 Å². The second-order valence-electron chi connectivity index (χ2n) is 11.1. The number of unbranched alkanes of at least 4 members (excludes halogenated alkanes) is 21. The molecule has 0 radical (unpaired) electrons. The summed E-state index contributed by atoms with van der Waals surface area (Å²) < 4.78 is 17.6. The van der Waals surface area contributed by atoms with Crippen LogP contribution in [0.1, 0.15) is 160 Å². The van der Waals surface area contributed by atoms with E-state index >= 15 is 0 Å². The van der Waals surface area contributed by atoms with Gasteiger partial charge in [-0.2, -0.15) is 0 Å². The monoisotopic (exact) mass is 566 g/mol. The van der Waals surface area contributed by atoms with E-state index in [2.05, 4.69) is 6.92 Å². The summed E-state index contributed by atoms with van der Waals surface area (Å²) in [5.41, 5.74) is 0.343. The lowest BCUT2D eigenvalue weighted by molar-refractivity contribution is -0.137. The molecule has 0 amide bonds. The third-order valence-corrected chi connectivity index (χ3v) is 7.33. The van der Waals surface area contributed by atoms with E-state index in [4.69, 9.17) is 14.9 Å². The molecular weight excluding hydrogens is 507 g/mol. The van der Waals surface area contributed by atoms with Crippen LogP contribution in [-0.4, -0.2) is 29.3 Å². The highest BCUT2D eigenvalue weighted by Crippen LogP contribution is 2.19. The van der Waals surface area contributed by atoms with E-state index in [0.29, 0.717) is 17.7 Å². The number of ether oxygens (including phenoxy) is 1. The van der Waals surface area contributed by atoms with Gasteiger partial charge in [-0.3, -0.25) is 9.59 Å². The molecule has 1 rings (SSSR count). The summed E-state index contributed by atoms with van der Waals surface area (Å²) in [7, 11) is 1.42. The molecule has 0 aliphatic rings. The lowest BCUT2D eigenvalue weighted by Crippen LogP contribution is -2.02. The average molecular weight is 567 g/mol. The summed E-state index contributed by atoms with van der Waals surface area (Å²) in [5, 5.41) is 17.1. The zero-order valence-corrected chi connectivity index (χ0v) is 25.7. The first-order valence-electron chi connectivity index (χ1n) is 16.2. The van der Waals surface area contributed by atoms with Crippen molar-refractivity contribution in [2.45, 2.75) is 161 Å². The van der Waals surface area contributed by atoms with E-state index in [1.807, 2.05) is 0 Å². The summed E-state index contributed by atoms with van der Waals surface area (Å²) in [6.45, 7) is 2.29. The molecule has 0 fully saturated rings. The highest BCUT2D eigenvalue weighted by molar-refractivity contribution is 5.71. The number of rotatable bonds is 26. The van der Waals surface area contributed by atoms with Gasteiger partial charge >= 0.3 is 11.9 Å². The smallest absolute Gasteiger partial charge is 0.307 e. The second kappa shape index (κ2) is 28.4. The number of halogens is 1. The number of carbonyl (C=O) groups is 2. The lowest BCUT2D eigenvalue weighted by atomic mass is 10.0. The molecule has 0 aliphatic heterocycles. The molecule has 0 aliphatic carbocycles. The van der Waals surface area contributed by atoms with Crippen LogP contribution in [0.2, 0.25) is 0 Å². The molecule has 0 atom stereocenters. The van der Waals surface area contributed by atoms with Gasteiger partial charge in [-0.15, -0.1) is 0 Å². The largest absolute Gasteiger partial charge is 0.496 e. The second-order valence-corrected chi connectivity index (χ2v) is 11.1. The Hall–Kier alpha value is -2.11. The van der Waals surface area contributed by atoms with Crippen LogP contribution in [0, 0.1) is 5.82 Å². The minimum Gasteiger partial charge on any atom is -0.496 e. The molecule has 0 unspecified atom stereocenters. The highest BCUT2D eigenvalue weighted by Gasteiger charge is 2.08. The summed E-state index contributed by atoms with van der Waals surface area (Å²) in [5.74, 6) is -1.73. The average Bonchev–Trinajstić information content (AvgIpc) is 2.91. The molecule has 40 heavy (non-hydrogen) atoms. The first-order chi connectivity index (χ1) is 19.4. The maximum Gasteiger partial charge on any atom is 0.307 e. The zero-order valence-electron chi connectivity index (χ0n) is 25.7. The van der Waals surface area contributed by atoms with Crippen molar-refractivity contribution < 1.29 is 28.9 Å². The number of aliphatic carboxylic acids is 2. The first kappa shape index (κ1) is 37.9. The van der Waals surface area contributed by atoms with E-state index in [-0.39, 0.29) is 6.42 Å².